The summed E-state index contributed by atoms with van der Waals surface area (Å²) in [6.07, 6.45) is 0.999. The van der Waals surface area contributed by atoms with Crippen LogP contribution in [0.25, 0.3) is 0 Å². The lowest BCUT2D eigenvalue weighted by molar-refractivity contribution is -0.922. The Morgan fingerprint density at radius 3 is 1.90 bits per heavy atom. The Morgan fingerprint density at radius 2 is 1.55 bits per heavy atom. The second-order valence-corrected chi connectivity index (χ2v) is 9.20. The molecule has 3 nitrogen and oxygen atoms in total. The second kappa shape index (κ2) is 8.50. The Labute approximate surface area is 129 Å². The number of likely N-dealkylation sites (N-methyl/N-ethyl adjacent to an activating group) is 2. The van der Waals surface area contributed by atoms with Crippen molar-refractivity contribution in [1.29, 1.82) is 0 Å². The topological polar surface area (TPSA) is 20.3 Å². The van der Waals surface area contributed by atoms with E-state index in [4.69, 9.17) is 0 Å². The minimum Gasteiger partial charge on any atom is -0.323 e. The molecule has 0 amide bonds. The van der Waals surface area contributed by atoms with Gasteiger partial charge in [0.05, 0.1) is 43.7 Å². The van der Waals surface area contributed by atoms with E-state index < -0.39 is 11.0 Å². The third-order valence-corrected chi connectivity index (χ3v) is 6.10. The quantitative estimate of drug-likeness (QED) is 0.599. The highest BCUT2D eigenvalue weighted by Gasteiger charge is 2.25. The maximum Gasteiger partial charge on any atom is 0.0971 e. The Hall–Kier alpha value is 0.0700. The molecule has 0 fully saturated rings. The van der Waals surface area contributed by atoms with Crippen LogP contribution in [0.1, 0.15) is 54.9 Å². The first-order valence-electron chi connectivity index (χ1n) is 8.07. The Balaban J connectivity index is 4.46. The fourth-order valence-corrected chi connectivity index (χ4v) is 4.35. The van der Waals surface area contributed by atoms with Crippen LogP contribution in [0.2, 0.25) is 0 Å². The number of rotatable bonds is 9. The predicted molar refractivity (Wildman–Crippen MR) is 91.1 cm³/mol. The summed E-state index contributed by atoms with van der Waals surface area (Å²) in [5.74, 6) is 0. The molecule has 4 heteroatoms. The van der Waals surface area contributed by atoms with E-state index in [2.05, 4.69) is 48.5 Å². The molecule has 0 spiro atoms. The van der Waals surface area contributed by atoms with Crippen LogP contribution in [-0.2, 0) is 11.0 Å². The minimum absolute atomic E-state index is 0.228. The summed E-state index contributed by atoms with van der Waals surface area (Å²) >= 11 is 0. The molecule has 122 valence electrons. The zero-order chi connectivity index (χ0) is 16.0. The summed E-state index contributed by atoms with van der Waals surface area (Å²) in [6, 6.07) is 0. The molecule has 0 aromatic heterocycles. The van der Waals surface area contributed by atoms with Crippen molar-refractivity contribution in [3.05, 3.63) is 0 Å². The highest BCUT2D eigenvalue weighted by Crippen LogP contribution is 2.23. The molecule has 20 heavy (non-hydrogen) atoms. The van der Waals surface area contributed by atoms with E-state index in [1.807, 2.05) is 11.4 Å². The van der Waals surface area contributed by atoms with Crippen molar-refractivity contribution >= 4 is 11.0 Å². The van der Waals surface area contributed by atoms with E-state index in [-0.39, 0.29) is 10.7 Å². The van der Waals surface area contributed by atoms with Crippen molar-refractivity contribution in [1.82, 2.24) is 4.31 Å². The summed E-state index contributed by atoms with van der Waals surface area (Å²) in [5.41, 5.74) is 0.242. The summed E-state index contributed by atoms with van der Waals surface area (Å²) < 4.78 is 15.7. The van der Waals surface area contributed by atoms with Gasteiger partial charge in [-0.1, -0.05) is 20.8 Å². The molecule has 0 saturated heterocycles. The van der Waals surface area contributed by atoms with E-state index in [9.17, 15) is 4.21 Å². The van der Waals surface area contributed by atoms with Gasteiger partial charge in [0.25, 0.3) is 0 Å². The van der Waals surface area contributed by atoms with Crippen molar-refractivity contribution in [3.63, 3.8) is 0 Å². The van der Waals surface area contributed by atoms with Gasteiger partial charge in [0.2, 0.25) is 0 Å². The first kappa shape index (κ1) is 20.1. The molecule has 0 aliphatic carbocycles. The van der Waals surface area contributed by atoms with E-state index in [0.29, 0.717) is 0 Å². The van der Waals surface area contributed by atoms with Crippen LogP contribution in [0.15, 0.2) is 0 Å². The fourth-order valence-electron chi connectivity index (χ4n) is 2.83. The molecule has 2 atom stereocenters. The van der Waals surface area contributed by atoms with Crippen molar-refractivity contribution in [2.24, 2.45) is 5.41 Å². The number of hydrogen-bond donors (Lipinski definition) is 0. The first-order valence-corrected chi connectivity index (χ1v) is 9.24. The highest BCUT2D eigenvalue weighted by atomic mass is 32.2. The highest BCUT2D eigenvalue weighted by molar-refractivity contribution is 7.83. The summed E-state index contributed by atoms with van der Waals surface area (Å²) in [5, 5.41) is 0.228. The monoisotopic (exact) mass is 305 g/mol. The average Bonchev–Trinajstić information content (AvgIpc) is 2.37. The predicted octanol–water partition coefficient (Wildman–Crippen LogP) is 3.28. The molecule has 0 aromatic rings. The zero-order valence-electron chi connectivity index (χ0n) is 15.0. The maximum absolute atomic E-state index is 12.5. The van der Waals surface area contributed by atoms with E-state index in [1.54, 1.807) is 0 Å². The average molecular weight is 306 g/mol. The van der Waals surface area contributed by atoms with Gasteiger partial charge in [0.15, 0.2) is 0 Å². The van der Waals surface area contributed by atoms with Crippen LogP contribution < -0.4 is 0 Å². The molecule has 0 N–H and O–H groups in total. The Bertz CT molecular complexity index is 287. The molecule has 0 aliphatic heterocycles. The molecule has 0 saturated carbocycles. The van der Waals surface area contributed by atoms with E-state index in [0.717, 1.165) is 43.6 Å². The molecular weight excluding hydrogens is 268 g/mol. The van der Waals surface area contributed by atoms with Gasteiger partial charge in [-0.05, 0) is 39.5 Å². The zero-order valence-corrected chi connectivity index (χ0v) is 15.8. The number of nitrogens with zero attached hydrogens (tertiary/aromatic N) is 2. The van der Waals surface area contributed by atoms with Gasteiger partial charge in [-0.15, -0.1) is 0 Å². The maximum atomic E-state index is 12.5. The van der Waals surface area contributed by atoms with E-state index in [1.165, 1.54) is 0 Å². The first-order chi connectivity index (χ1) is 9.10. The fraction of sp³-hybridized carbons (Fsp3) is 1.00. The molecule has 0 bridgehead atoms. The molecule has 0 heterocycles. The molecule has 0 rings (SSSR count). The van der Waals surface area contributed by atoms with Gasteiger partial charge in [-0.3, -0.25) is 0 Å². The van der Waals surface area contributed by atoms with Crippen LogP contribution in [0.3, 0.4) is 0 Å². The van der Waals surface area contributed by atoms with E-state index >= 15 is 0 Å². The number of hydrogen-bond acceptors (Lipinski definition) is 1. The molecule has 0 aromatic carbocycles. The standard InChI is InChI=1S/C16H37N2OS/c1-9-18(10-2,11-3)13-12-17(8)20(19)15(4)14-16(5,6)7/h15H,9-14H2,1-8H3/q+1. The lowest BCUT2D eigenvalue weighted by atomic mass is 9.91. The molecule has 2 unspecified atom stereocenters. The van der Waals surface area contributed by atoms with Crippen LogP contribution in [0.4, 0.5) is 0 Å². The largest absolute Gasteiger partial charge is 0.323 e. The van der Waals surface area contributed by atoms with Gasteiger partial charge in [-0.2, -0.15) is 0 Å². The Morgan fingerprint density at radius 1 is 1.10 bits per heavy atom. The molecule has 0 radical (unpaired) electrons. The van der Waals surface area contributed by atoms with Crippen LogP contribution in [0, 0.1) is 5.41 Å². The van der Waals surface area contributed by atoms with Gasteiger partial charge >= 0.3 is 0 Å². The molecule has 0 aliphatic rings. The smallest absolute Gasteiger partial charge is 0.0971 e. The second-order valence-electron chi connectivity index (χ2n) is 7.22. The summed E-state index contributed by atoms with van der Waals surface area (Å²) in [7, 11) is 1.13. The van der Waals surface area contributed by atoms with Crippen molar-refractivity contribution in [3.8, 4) is 0 Å². The van der Waals surface area contributed by atoms with Crippen LogP contribution in [-0.4, -0.2) is 58.0 Å². The van der Waals surface area contributed by atoms with Gasteiger partial charge in [0, 0.05) is 12.3 Å². The van der Waals surface area contributed by atoms with Crippen molar-refractivity contribution in [2.75, 3.05) is 39.8 Å². The Kier molecular flexibility index (Phi) is 8.53. The van der Waals surface area contributed by atoms with Crippen LogP contribution >= 0.6 is 0 Å². The normalized spacial score (nSPS) is 16.4. The SMILES string of the molecule is CC[N+](CC)(CC)CCN(C)S(=O)C(C)CC(C)(C)C. The van der Waals surface area contributed by atoms with Crippen LogP contribution in [0.5, 0.6) is 0 Å². The van der Waals surface area contributed by atoms with Gasteiger partial charge in [0.1, 0.15) is 0 Å². The van der Waals surface area contributed by atoms with Gasteiger partial charge in [-0.25, -0.2) is 8.51 Å². The third kappa shape index (κ3) is 6.68. The molecular formula is C16H37N2OS+. The third-order valence-electron chi connectivity index (χ3n) is 4.45. The van der Waals surface area contributed by atoms with Crippen molar-refractivity contribution < 1.29 is 8.69 Å². The van der Waals surface area contributed by atoms with Gasteiger partial charge < -0.3 is 4.48 Å². The summed E-state index contributed by atoms with van der Waals surface area (Å²) in [6.45, 7) is 21.0. The lowest BCUT2D eigenvalue weighted by Crippen LogP contribution is -2.51. The lowest BCUT2D eigenvalue weighted by Gasteiger charge is -2.37. The summed E-state index contributed by atoms with van der Waals surface area (Å²) in [4.78, 5) is 0. The van der Waals surface area contributed by atoms with Crippen molar-refractivity contribution in [2.45, 2.75) is 60.1 Å². The number of quaternary nitrogens is 1. The minimum atomic E-state index is -0.873.